The Hall–Kier alpha value is -4.41. The zero-order chi connectivity index (χ0) is 29.3. The van der Waals surface area contributed by atoms with Gasteiger partial charge < -0.3 is 19.0 Å². The Morgan fingerprint density at radius 2 is 2.10 bits per heavy atom. The van der Waals surface area contributed by atoms with Crippen LogP contribution in [-0.2, 0) is 24.9 Å². The van der Waals surface area contributed by atoms with Crippen molar-refractivity contribution in [3.63, 3.8) is 0 Å². The maximum absolute atomic E-state index is 13.9. The summed E-state index contributed by atoms with van der Waals surface area (Å²) in [6, 6.07) is 6.91. The van der Waals surface area contributed by atoms with Gasteiger partial charge in [0.05, 0.1) is 35.5 Å². The number of hydrogen-bond donors (Lipinski definition) is 1. The van der Waals surface area contributed by atoms with E-state index >= 15 is 0 Å². The predicted octanol–water partition coefficient (Wildman–Crippen LogP) is 4.98. The van der Waals surface area contributed by atoms with Crippen LogP contribution in [-0.4, -0.2) is 49.9 Å². The highest BCUT2D eigenvalue weighted by Gasteiger charge is 2.23. The van der Waals surface area contributed by atoms with E-state index in [1.54, 1.807) is 41.7 Å². The van der Waals surface area contributed by atoms with Gasteiger partial charge in [0.25, 0.3) is 5.91 Å². The number of carbonyl (C=O) groups is 1. The van der Waals surface area contributed by atoms with E-state index in [1.807, 2.05) is 6.07 Å². The van der Waals surface area contributed by atoms with Crippen molar-refractivity contribution < 1.29 is 18.3 Å². The van der Waals surface area contributed by atoms with Gasteiger partial charge in [-0.05, 0) is 31.2 Å². The van der Waals surface area contributed by atoms with E-state index in [4.69, 9.17) is 19.4 Å². The normalized spacial score (nSPS) is 12.6. The predicted molar refractivity (Wildman–Crippen MR) is 153 cm³/mol. The van der Waals surface area contributed by atoms with Crippen molar-refractivity contribution in [2.45, 2.75) is 51.8 Å². The van der Waals surface area contributed by atoms with Gasteiger partial charge in [-0.1, -0.05) is 19.6 Å². The molecule has 4 heterocycles. The van der Waals surface area contributed by atoms with E-state index in [-0.39, 0.29) is 19.0 Å². The molecule has 212 valence electrons. The number of nitrogens with zero attached hydrogens (tertiary/aromatic N) is 7. The molecule has 0 saturated heterocycles. The fraction of sp³-hybridized carbons (Fsp3) is 0.357. The first-order valence-corrected chi connectivity index (χ1v) is 16.9. The monoisotopic (exact) mass is 574 g/mol. The van der Waals surface area contributed by atoms with Crippen molar-refractivity contribution in [3.8, 4) is 17.5 Å². The number of benzene rings is 1. The Kier molecular flexibility index (Phi) is 7.70. The third-order valence-corrected chi connectivity index (χ3v) is 8.34. The average molecular weight is 575 g/mol. The van der Waals surface area contributed by atoms with Crippen molar-refractivity contribution in [2.75, 3.05) is 6.61 Å². The third-order valence-electron chi connectivity index (χ3n) is 6.64. The van der Waals surface area contributed by atoms with Crippen molar-refractivity contribution in [3.05, 3.63) is 59.8 Å². The van der Waals surface area contributed by atoms with Crippen LogP contribution in [0.2, 0.25) is 25.7 Å². The quantitative estimate of drug-likeness (QED) is 0.182. The summed E-state index contributed by atoms with van der Waals surface area (Å²) >= 11 is 0. The van der Waals surface area contributed by atoms with Gasteiger partial charge in [0.1, 0.15) is 41.8 Å². The molecule has 0 spiro atoms. The van der Waals surface area contributed by atoms with E-state index in [0.29, 0.717) is 57.2 Å². The molecule has 1 atom stereocenters. The molecule has 13 heteroatoms. The number of amides is 1. The first-order valence-electron chi connectivity index (χ1n) is 13.2. The van der Waals surface area contributed by atoms with Gasteiger partial charge in [0.15, 0.2) is 5.65 Å². The Labute approximate surface area is 237 Å². The molecule has 5 aromatic rings. The average Bonchev–Trinajstić information content (AvgIpc) is 3.62. The lowest BCUT2D eigenvalue weighted by atomic mass is 10.1. The molecule has 0 aliphatic heterocycles. The van der Waals surface area contributed by atoms with Crippen LogP contribution in [0.4, 0.5) is 4.39 Å². The number of nitrogens with one attached hydrogen (secondary N) is 1. The number of aryl methyl sites for hydroxylation is 1. The number of carbonyl (C=O) groups excluding carboxylic acids is 1. The summed E-state index contributed by atoms with van der Waals surface area (Å²) in [7, 11) is 0.456. The fourth-order valence-electron chi connectivity index (χ4n) is 4.41. The Morgan fingerprint density at radius 1 is 1.29 bits per heavy atom. The second-order valence-electron chi connectivity index (χ2n) is 11.1. The standard InChI is InChI=1S/C28H31FN8O3Si/c1-17(28-33-19(8-9-30)15-40-28)32-27(38)21-14-37(16-39-10-11-41(3,4)5)26-25(21)34-22(13-31-26)24-20-7-6-18(29)12-23(20)36(2)35-24/h6-7,12-15,17H,8,10-11,16H2,1-5H3,(H,32,38)/t17-/m1/s1. The van der Waals surface area contributed by atoms with Crippen molar-refractivity contribution in [2.24, 2.45) is 7.05 Å². The SMILES string of the molecule is C[C@@H](NC(=O)c1cn(COCC[Si](C)(C)C)c2ncc(-c3nn(C)c4cc(F)ccc34)nc12)c1nc(CC#N)co1. The molecule has 4 aromatic heterocycles. The summed E-state index contributed by atoms with van der Waals surface area (Å²) in [4.78, 5) is 27.3. The van der Waals surface area contributed by atoms with Gasteiger partial charge in [-0.25, -0.2) is 19.3 Å². The molecule has 1 aromatic carbocycles. The maximum Gasteiger partial charge on any atom is 0.255 e. The highest BCUT2D eigenvalue weighted by atomic mass is 28.3. The van der Waals surface area contributed by atoms with Crippen molar-refractivity contribution in [1.29, 1.82) is 5.26 Å². The Balaban J connectivity index is 1.50. The molecule has 0 radical (unpaired) electrons. The van der Waals surface area contributed by atoms with Crippen LogP contribution in [0.25, 0.3) is 33.5 Å². The number of oxazole rings is 1. The van der Waals surface area contributed by atoms with Gasteiger partial charge >= 0.3 is 0 Å². The summed E-state index contributed by atoms with van der Waals surface area (Å²) in [5.74, 6) is -0.470. The van der Waals surface area contributed by atoms with Gasteiger partial charge in [-0.3, -0.25) is 9.48 Å². The molecule has 1 amide bonds. The van der Waals surface area contributed by atoms with E-state index in [2.05, 4.69) is 40.0 Å². The van der Waals surface area contributed by atoms with E-state index < -0.39 is 20.0 Å². The van der Waals surface area contributed by atoms with Crippen LogP contribution in [0.15, 0.2) is 41.3 Å². The Morgan fingerprint density at radius 3 is 2.85 bits per heavy atom. The van der Waals surface area contributed by atoms with Crippen LogP contribution in [0.5, 0.6) is 0 Å². The lowest BCUT2D eigenvalue weighted by Gasteiger charge is -2.15. The summed E-state index contributed by atoms with van der Waals surface area (Å²) < 4.78 is 28.7. The maximum atomic E-state index is 13.9. The van der Waals surface area contributed by atoms with E-state index in [0.717, 1.165) is 6.04 Å². The number of ether oxygens (including phenoxy) is 1. The van der Waals surface area contributed by atoms with Crippen molar-refractivity contribution >= 4 is 36.0 Å². The minimum absolute atomic E-state index is 0.114. The number of nitriles is 1. The van der Waals surface area contributed by atoms with Gasteiger partial charge in [-0.15, -0.1) is 0 Å². The number of rotatable bonds is 10. The summed E-state index contributed by atoms with van der Waals surface area (Å²) in [5.41, 5.74) is 3.24. The zero-order valence-electron chi connectivity index (χ0n) is 23.6. The number of halogens is 1. The van der Waals surface area contributed by atoms with Crippen LogP contribution < -0.4 is 5.32 Å². The largest absolute Gasteiger partial charge is 0.446 e. The lowest BCUT2D eigenvalue weighted by molar-refractivity contribution is 0.0889. The minimum Gasteiger partial charge on any atom is -0.446 e. The molecule has 5 rings (SSSR count). The molecule has 11 nitrogen and oxygen atoms in total. The third kappa shape index (κ3) is 6.03. The molecular formula is C28H31FN8O3Si. The van der Waals surface area contributed by atoms with Crippen LogP contribution in [0.3, 0.4) is 0 Å². The molecule has 0 aliphatic carbocycles. The van der Waals surface area contributed by atoms with Gasteiger partial charge in [0, 0.05) is 33.3 Å². The van der Waals surface area contributed by atoms with Crippen LogP contribution >= 0.6 is 0 Å². The van der Waals surface area contributed by atoms with Gasteiger partial charge in [0.2, 0.25) is 5.89 Å². The van der Waals surface area contributed by atoms with Crippen LogP contribution in [0, 0.1) is 17.1 Å². The first-order chi connectivity index (χ1) is 19.5. The molecule has 41 heavy (non-hydrogen) atoms. The topological polar surface area (TPSA) is 137 Å². The minimum atomic E-state index is -1.28. The highest BCUT2D eigenvalue weighted by molar-refractivity contribution is 6.76. The molecule has 1 N–H and O–H groups in total. The zero-order valence-corrected chi connectivity index (χ0v) is 24.6. The summed E-state index contributed by atoms with van der Waals surface area (Å²) in [6.07, 6.45) is 4.79. The highest BCUT2D eigenvalue weighted by Crippen LogP contribution is 2.29. The second kappa shape index (κ2) is 11.2. The molecule has 0 bridgehead atoms. The second-order valence-corrected chi connectivity index (χ2v) is 16.8. The molecule has 0 aliphatic rings. The first kappa shape index (κ1) is 28.1. The molecular weight excluding hydrogens is 543 g/mol. The summed E-state index contributed by atoms with van der Waals surface area (Å²) in [5, 5.41) is 17.1. The fourth-order valence-corrected chi connectivity index (χ4v) is 5.17. The van der Waals surface area contributed by atoms with E-state index in [1.165, 1.54) is 18.4 Å². The number of aromatic nitrogens is 6. The summed E-state index contributed by atoms with van der Waals surface area (Å²) in [6.45, 7) is 9.40. The number of fused-ring (bicyclic) bond motifs is 2. The van der Waals surface area contributed by atoms with E-state index in [9.17, 15) is 9.18 Å². The van der Waals surface area contributed by atoms with Crippen LogP contribution in [0.1, 0.15) is 34.9 Å². The molecule has 0 fully saturated rings. The van der Waals surface area contributed by atoms with Gasteiger partial charge in [-0.2, -0.15) is 10.4 Å². The molecule has 0 saturated carbocycles. The number of hydrogen-bond acceptors (Lipinski definition) is 8. The smallest absolute Gasteiger partial charge is 0.255 e. The molecule has 0 unspecified atom stereocenters. The van der Waals surface area contributed by atoms with Crippen molar-refractivity contribution in [1.82, 2.24) is 34.6 Å². The Bertz CT molecular complexity index is 1780. The lowest BCUT2D eigenvalue weighted by Crippen LogP contribution is -2.27.